The van der Waals surface area contributed by atoms with Crippen LogP contribution in [-0.2, 0) is 19.1 Å². The number of carbonyl (C=O) groups excluding carboxylic acids is 4. The standard InChI is InChI=1S/C13H19Br2NO3.C12H19NO3/c1-8(17)9-5-12(6-13(12,14)15)7-16(9)10(18)19-11(2,3)4;1-8-6-10(9(2)14)13(7-8)11(15)16-12(3,4)5/h9H,5-7H2,1-4H3;10H,1,6-7H2,2-5H3/t9-,12?;10-/m00/s1. The van der Waals surface area contributed by atoms with Crippen molar-refractivity contribution < 1.29 is 28.7 Å². The van der Waals surface area contributed by atoms with Crippen LogP contribution in [0.1, 0.15) is 74.7 Å². The number of ketones is 2. The fourth-order valence-electron chi connectivity index (χ4n) is 4.31. The van der Waals surface area contributed by atoms with Crippen LogP contribution in [0.3, 0.4) is 0 Å². The molecule has 3 aliphatic rings. The Morgan fingerprint density at radius 2 is 1.31 bits per heavy atom. The number of halogens is 2. The van der Waals surface area contributed by atoms with E-state index in [2.05, 4.69) is 38.4 Å². The first kappa shape index (κ1) is 29.8. The topological polar surface area (TPSA) is 93.2 Å². The number of Topliss-reactive ketones (excluding diaryl/α,β-unsaturated/α-hetero) is 2. The monoisotopic (exact) mass is 620 g/mol. The van der Waals surface area contributed by atoms with Crippen molar-refractivity contribution in [3.63, 3.8) is 0 Å². The minimum atomic E-state index is -0.544. The summed E-state index contributed by atoms with van der Waals surface area (Å²) in [6, 6.07) is -0.769. The third kappa shape index (κ3) is 7.54. The molecule has 1 spiro atoms. The molecule has 0 aromatic heterocycles. The number of nitrogens with zero attached hydrogens (tertiary/aromatic N) is 2. The maximum Gasteiger partial charge on any atom is 0.411 e. The Morgan fingerprint density at radius 3 is 1.69 bits per heavy atom. The van der Waals surface area contributed by atoms with Gasteiger partial charge < -0.3 is 9.47 Å². The quantitative estimate of drug-likeness (QED) is 0.294. The average Bonchev–Trinajstić information content (AvgIpc) is 2.99. The second-order valence-electron chi connectivity index (χ2n) is 11.8. The summed E-state index contributed by atoms with van der Waals surface area (Å²) in [5, 5.41) is 0. The van der Waals surface area contributed by atoms with Gasteiger partial charge in [0.1, 0.15) is 11.2 Å². The summed E-state index contributed by atoms with van der Waals surface area (Å²) in [5.74, 6) is -0.00468. The van der Waals surface area contributed by atoms with Gasteiger partial charge in [-0.05, 0) is 74.7 Å². The number of ether oxygens (including phenoxy) is 2. The lowest BCUT2D eigenvalue weighted by Crippen LogP contribution is -2.42. The summed E-state index contributed by atoms with van der Waals surface area (Å²) in [5.41, 5.74) is -0.230. The molecule has 2 heterocycles. The molecule has 0 bridgehead atoms. The Bertz CT molecular complexity index is 905. The molecule has 1 aliphatic carbocycles. The number of amides is 2. The van der Waals surface area contributed by atoms with Crippen molar-refractivity contribution in [2.24, 2.45) is 5.41 Å². The smallest absolute Gasteiger partial charge is 0.411 e. The first-order valence-electron chi connectivity index (χ1n) is 11.7. The Kier molecular flexibility index (Phi) is 8.64. The van der Waals surface area contributed by atoms with Crippen LogP contribution < -0.4 is 0 Å². The van der Waals surface area contributed by atoms with E-state index in [9.17, 15) is 19.2 Å². The molecule has 2 amide bonds. The molecule has 3 rings (SSSR count). The van der Waals surface area contributed by atoms with Gasteiger partial charge in [-0.1, -0.05) is 44.0 Å². The molecule has 1 unspecified atom stereocenters. The Morgan fingerprint density at radius 1 is 0.886 bits per heavy atom. The van der Waals surface area contributed by atoms with Crippen molar-refractivity contribution in [3.05, 3.63) is 12.2 Å². The van der Waals surface area contributed by atoms with Gasteiger partial charge in [-0.3, -0.25) is 19.4 Å². The SMILES string of the molecule is C=C1C[C@@H](C(C)=O)N(C(=O)OC(C)(C)C)C1.CC(=O)[C@@H]1CC2(CN1C(=O)OC(C)(C)C)CC2(Br)Br. The Balaban J connectivity index is 0.000000251. The molecule has 35 heavy (non-hydrogen) atoms. The molecule has 3 atom stereocenters. The van der Waals surface area contributed by atoms with E-state index in [1.54, 1.807) is 25.7 Å². The number of carbonyl (C=O) groups is 4. The number of hydrogen-bond acceptors (Lipinski definition) is 6. The van der Waals surface area contributed by atoms with Crippen molar-refractivity contribution in [1.29, 1.82) is 0 Å². The second-order valence-corrected chi connectivity index (χ2v) is 15.6. The van der Waals surface area contributed by atoms with Gasteiger partial charge in [0.15, 0.2) is 11.6 Å². The summed E-state index contributed by atoms with van der Waals surface area (Å²) in [6.07, 6.45) is 1.33. The van der Waals surface area contributed by atoms with Gasteiger partial charge in [0.05, 0.1) is 15.3 Å². The minimum Gasteiger partial charge on any atom is -0.444 e. The van der Waals surface area contributed by atoms with Crippen LogP contribution in [-0.4, -0.2) is 73.2 Å². The first-order chi connectivity index (χ1) is 15.7. The van der Waals surface area contributed by atoms with Crippen LogP contribution in [0, 0.1) is 5.41 Å². The summed E-state index contributed by atoms with van der Waals surface area (Å²) >= 11 is 7.22. The van der Waals surface area contributed by atoms with Crippen molar-refractivity contribution in [1.82, 2.24) is 9.80 Å². The predicted molar refractivity (Wildman–Crippen MR) is 141 cm³/mol. The summed E-state index contributed by atoms with van der Waals surface area (Å²) in [4.78, 5) is 50.2. The molecular weight excluding hydrogens is 584 g/mol. The van der Waals surface area contributed by atoms with Gasteiger partial charge in [0, 0.05) is 18.5 Å². The van der Waals surface area contributed by atoms with Crippen LogP contribution in [0.15, 0.2) is 12.2 Å². The zero-order valence-electron chi connectivity index (χ0n) is 22.0. The average molecular weight is 622 g/mol. The highest BCUT2D eigenvalue weighted by Gasteiger charge is 2.70. The van der Waals surface area contributed by atoms with Crippen molar-refractivity contribution in [2.75, 3.05) is 13.1 Å². The molecular formula is C25H38Br2N2O6. The molecule has 0 aromatic carbocycles. The summed E-state index contributed by atoms with van der Waals surface area (Å²) in [6.45, 7) is 18.7. The molecule has 2 aliphatic heterocycles. The largest absolute Gasteiger partial charge is 0.444 e. The summed E-state index contributed by atoms with van der Waals surface area (Å²) < 4.78 is 10.5. The minimum absolute atomic E-state index is 0.0189. The lowest BCUT2D eigenvalue weighted by Gasteiger charge is -2.27. The molecule has 10 heteroatoms. The van der Waals surface area contributed by atoms with E-state index in [-0.39, 0.29) is 26.3 Å². The Labute approximate surface area is 225 Å². The normalized spacial score (nSPS) is 27.3. The van der Waals surface area contributed by atoms with E-state index in [0.29, 0.717) is 25.9 Å². The van der Waals surface area contributed by atoms with Gasteiger partial charge in [-0.15, -0.1) is 0 Å². The lowest BCUT2D eigenvalue weighted by molar-refractivity contribution is -0.121. The van der Waals surface area contributed by atoms with Crippen molar-refractivity contribution in [2.45, 2.75) is 101 Å². The van der Waals surface area contributed by atoms with E-state index >= 15 is 0 Å². The van der Waals surface area contributed by atoms with E-state index in [4.69, 9.17) is 9.47 Å². The lowest BCUT2D eigenvalue weighted by atomic mass is 10.0. The molecule has 0 radical (unpaired) electrons. The van der Waals surface area contributed by atoms with Gasteiger partial charge in [-0.25, -0.2) is 9.59 Å². The molecule has 2 saturated heterocycles. The molecule has 1 saturated carbocycles. The highest BCUT2D eigenvalue weighted by atomic mass is 79.9. The molecule has 8 nitrogen and oxygen atoms in total. The van der Waals surface area contributed by atoms with E-state index in [1.165, 1.54) is 18.7 Å². The highest BCUT2D eigenvalue weighted by molar-refractivity contribution is 9.25. The molecule has 0 aromatic rings. The van der Waals surface area contributed by atoms with Gasteiger partial charge in [0.2, 0.25) is 0 Å². The third-order valence-corrected chi connectivity index (χ3v) is 8.33. The fraction of sp³-hybridized carbons (Fsp3) is 0.760. The van der Waals surface area contributed by atoms with E-state index in [0.717, 1.165) is 12.0 Å². The zero-order chi connectivity index (χ0) is 27.1. The zero-order valence-corrected chi connectivity index (χ0v) is 25.2. The number of hydrogen-bond donors (Lipinski definition) is 0. The Hall–Kier alpha value is -1.42. The van der Waals surface area contributed by atoms with Crippen LogP contribution in [0.2, 0.25) is 0 Å². The number of likely N-dealkylation sites (tertiary alicyclic amines) is 2. The van der Waals surface area contributed by atoms with Crippen molar-refractivity contribution in [3.8, 4) is 0 Å². The van der Waals surface area contributed by atoms with Gasteiger partial charge >= 0.3 is 12.2 Å². The van der Waals surface area contributed by atoms with Crippen LogP contribution in [0.25, 0.3) is 0 Å². The van der Waals surface area contributed by atoms with E-state index < -0.39 is 29.4 Å². The predicted octanol–water partition coefficient (Wildman–Crippen LogP) is 5.60. The summed E-state index contributed by atoms with van der Waals surface area (Å²) in [7, 11) is 0. The molecule has 0 N–H and O–H groups in total. The highest BCUT2D eigenvalue weighted by Crippen LogP contribution is 2.71. The maximum atomic E-state index is 12.2. The second kappa shape index (κ2) is 10.1. The van der Waals surface area contributed by atoms with Crippen LogP contribution in [0.5, 0.6) is 0 Å². The number of alkyl halides is 2. The maximum absolute atomic E-state index is 12.2. The first-order valence-corrected chi connectivity index (χ1v) is 13.3. The van der Waals surface area contributed by atoms with Gasteiger partial charge in [0.25, 0.3) is 0 Å². The van der Waals surface area contributed by atoms with Crippen LogP contribution >= 0.6 is 31.9 Å². The number of rotatable bonds is 2. The van der Waals surface area contributed by atoms with Gasteiger partial charge in [-0.2, -0.15) is 0 Å². The van der Waals surface area contributed by atoms with Crippen molar-refractivity contribution >= 4 is 55.6 Å². The fourth-order valence-corrected chi connectivity index (χ4v) is 5.95. The van der Waals surface area contributed by atoms with E-state index in [1.807, 2.05) is 20.8 Å². The molecule has 3 fully saturated rings. The third-order valence-electron chi connectivity index (χ3n) is 6.09. The molecule has 198 valence electrons. The van der Waals surface area contributed by atoms with Crippen LogP contribution in [0.4, 0.5) is 9.59 Å².